The quantitative estimate of drug-likeness (QED) is 0.216. The topological polar surface area (TPSA) is 58.1 Å². The molecular formula is C15H30F3IN4O2. The Labute approximate surface area is 164 Å². The molecule has 0 aromatic carbocycles. The standard InChI is InChI=1S/C15H29F3N4O2.HI/c1-19-14(21-7-8-22(2)12-15(16,17)18)20-6-4-9-23-11-13-5-3-10-24-13;/h13H,3-12H2,1-2H3,(H2,19,20,21);1H. The van der Waals surface area contributed by atoms with Crippen molar-refractivity contribution in [3.05, 3.63) is 0 Å². The number of rotatable bonds is 10. The van der Waals surface area contributed by atoms with Crippen molar-refractivity contribution < 1.29 is 22.6 Å². The maximum atomic E-state index is 12.2. The predicted molar refractivity (Wildman–Crippen MR) is 103 cm³/mol. The number of ether oxygens (including phenoxy) is 2. The highest BCUT2D eigenvalue weighted by Gasteiger charge is 2.28. The minimum Gasteiger partial charge on any atom is -0.379 e. The minimum atomic E-state index is -4.17. The van der Waals surface area contributed by atoms with Gasteiger partial charge in [-0.3, -0.25) is 9.89 Å². The summed E-state index contributed by atoms with van der Waals surface area (Å²) in [6.45, 7) is 2.55. The first-order valence-electron chi connectivity index (χ1n) is 8.30. The van der Waals surface area contributed by atoms with Gasteiger partial charge in [-0.25, -0.2) is 0 Å². The lowest BCUT2D eigenvalue weighted by atomic mass is 10.2. The van der Waals surface area contributed by atoms with E-state index in [4.69, 9.17) is 9.47 Å². The highest BCUT2D eigenvalue weighted by molar-refractivity contribution is 14.0. The van der Waals surface area contributed by atoms with Crippen LogP contribution in [0, 0.1) is 0 Å². The van der Waals surface area contributed by atoms with Crippen molar-refractivity contribution >= 4 is 29.9 Å². The van der Waals surface area contributed by atoms with Gasteiger partial charge >= 0.3 is 6.18 Å². The van der Waals surface area contributed by atoms with Crippen LogP contribution < -0.4 is 10.6 Å². The van der Waals surface area contributed by atoms with Crippen LogP contribution in [0.3, 0.4) is 0 Å². The van der Waals surface area contributed by atoms with Crippen LogP contribution in [-0.2, 0) is 9.47 Å². The molecular weight excluding hydrogens is 452 g/mol. The molecule has 0 amide bonds. The average Bonchev–Trinajstić information content (AvgIpc) is 3.00. The van der Waals surface area contributed by atoms with Crippen LogP contribution in [-0.4, -0.2) is 83.2 Å². The summed E-state index contributed by atoms with van der Waals surface area (Å²) in [5.74, 6) is 0.578. The Hall–Kier alpha value is -0.330. The van der Waals surface area contributed by atoms with Gasteiger partial charge in [0.2, 0.25) is 0 Å². The number of nitrogens with zero attached hydrogens (tertiary/aromatic N) is 2. The summed E-state index contributed by atoms with van der Waals surface area (Å²) in [7, 11) is 3.07. The molecule has 0 saturated carbocycles. The van der Waals surface area contributed by atoms with Crippen molar-refractivity contribution in [1.82, 2.24) is 15.5 Å². The summed E-state index contributed by atoms with van der Waals surface area (Å²) in [5, 5.41) is 6.10. The van der Waals surface area contributed by atoms with Crippen molar-refractivity contribution in [3.63, 3.8) is 0 Å². The van der Waals surface area contributed by atoms with Crippen molar-refractivity contribution in [2.75, 3.05) is 60.1 Å². The summed E-state index contributed by atoms with van der Waals surface area (Å²) in [6, 6.07) is 0. The Kier molecular flexibility index (Phi) is 13.6. The third-order valence-corrected chi connectivity index (χ3v) is 3.54. The number of hydrogen-bond acceptors (Lipinski definition) is 4. The van der Waals surface area contributed by atoms with Crippen LogP contribution in [0.25, 0.3) is 0 Å². The highest BCUT2D eigenvalue weighted by Crippen LogP contribution is 2.15. The lowest BCUT2D eigenvalue weighted by Gasteiger charge is -2.19. The van der Waals surface area contributed by atoms with Crippen LogP contribution in [0.4, 0.5) is 13.2 Å². The number of halogens is 4. The highest BCUT2D eigenvalue weighted by atomic mass is 127. The molecule has 0 radical (unpaired) electrons. The van der Waals surface area contributed by atoms with E-state index in [9.17, 15) is 13.2 Å². The van der Waals surface area contributed by atoms with E-state index in [-0.39, 0.29) is 36.6 Å². The summed E-state index contributed by atoms with van der Waals surface area (Å²) >= 11 is 0. The van der Waals surface area contributed by atoms with Gasteiger partial charge in [-0.2, -0.15) is 13.2 Å². The number of nitrogens with one attached hydrogen (secondary N) is 2. The molecule has 0 aliphatic carbocycles. The molecule has 1 aliphatic rings. The first kappa shape index (κ1) is 24.7. The van der Waals surface area contributed by atoms with E-state index in [1.165, 1.54) is 11.9 Å². The monoisotopic (exact) mass is 482 g/mol. The lowest BCUT2D eigenvalue weighted by molar-refractivity contribution is -0.142. The van der Waals surface area contributed by atoms with E-state index in [1.54, 1.807) is 7.05 Å². The molecule has 1 saturated heterocycles. The fourth-order valence-electron chi connectivity index (χ4n) is 2.34. The van der Waals surface area contributed by atoms with Gasteiger partial charge in [-0.1, -0.05) is 0 Å². The molecule has 0 aromatic heterocycles. The van der Waals surface area contributed by atoms with Crippen molar-refractivity contribution in [1.29, 1.82) is 0 Å². The summed E-state index contributed by atoms with van der Waals surface area (Å²) in [4.78, 5) is 5.25. The zero-order valence-corrected chi connectivity index (χ0v) is 17.2. The van der Waals surface area contributed by atoms with Crippen molar-refractivity contribution in [2.45, 2.75) is 31.5 Å². The number of alkyl halides is 3. The number of hydrogen-bond donors (Lipinski definition) is 2. The second kappa shape index (κ2) is 13.8. The van der Waals surface area contributed by atoms with Crippen molar-refractivity contribution in [3.8, 4) is 0 Å². The Morgan fingerprint density at radius 2 is 2.04 bits per heavy atom. The smallest absolute Gasteiger partial charge is 0.379 e. The third-order valence-electron chi connectivity index (χ3n) is 3.54. The first-order valence-corrected chi connectivity index (χ1v) is 8.30. The van der Waals surface area contributed by atoms with Gasteiger partial charge in [-0.05, 0) is 26.3 Å². The van der Waals surface area contributed by atoms with E-state index < -0.39 is 12.7 Å². The lowest BCUT2D eigenvalue weighted by Crippen LogP contribution is -2.42. The molecule has 150 valence electrons. The molecule has 10 heteroatoms. The normalized spacial score (nSPS) is 18.3. The third kappa shape index (κ3) is 13.5. The molecule has 0 spiro atoms. The van der Waals surface area contributed by atoms with Crippen molar-refractivity contribution in [2.24, 2.45) is 4.99 Å². The second-order valence-electron chi connectivity index (χ2n) is 5.84. The number of aliphatic imine (C=N–C) groups is 1. The average molecular weight is 482 g/mol. The Morgan fingerprint density at radius 3 is 2.64 bits per heavy atom. The molecule has 1 fully saturated rings. The number of guanidine groups is 1. The molecule has 2 N–H and O–H groups in total. The van der Waals surface area contributed by atoms with E-state index in [0.717, 1.165) is 25.9 Å². The largest absolute Gasteiger partial charge is 0.401 e. The van der Waals surface area contributed by atoms with Crippen LogP contribution in [0.5, 0.6) is 0 Å². The molecule has 1 aliphatic heterocycles. The maximum absolute atomic E-state index is 12.2. The Bertz CT molecular complexity index is 367. The number of likely N-dealkylation sites (N-methyl/N-ethyl adjacent to an activating group) is 1. The Morgan fingerprint density at radius 1 is 1.32 bits per heavy atom. The van der Waals surface area contributed by atoms with Gasteiger partial charge in [0.05, 0.1) is 19.3 Å². The van der Waals surface area contributed by atoms with Gasteiger partial charge in [0, 0.05) is 39.9 Å². The van der Waals surface area contributed by atoms with E-state index >= 15 is 0 Å². The molecule has 6 nitrogen and oxygen atoms in total. The second-order valence-corrected chi connectivity index (χ2v) is 5.84. The zero-order valence-electron chi connectivity index (χ0n) is 14.9. The van der Waals surface area contributed by atoms with Crippen LogP contribution >= 0.6 is 24.0 Å². The summed E-state index contributed by atoms with van der Waals surface area (Å²) in [6.07, 6.45) is -0.937. The van der Waals surface area contributed by atoms with Crippen LogP contribution in [0.1, 0.15) is 19.3 Å². The molecule has 1 unspecified atom stereocenters. The fourth-order valence-corrected chi connectivity index (χ4v) is 2.34. The molecule has 1 heterocycles. The molecule has 1 atom stereocenters. The van der Waals surface area contributed by atoms with E-state index in [1.807, 2.05) is 0 Å². The molecule has 0 bridgehead atoms. The van der Waals surface area contributed by atoms with Gasteiger partial charge in [0.1, 0.15) is 0 Å². The van der Waals surface area contributed by atoms with Gasteiger partial charge in [0.25, 0.3) is 0 Å². The van der Waals surface area contributed by atoms with Gasteiger partial charge in [0.15, 0.2) is 5.96 Å². The first-order chi connectivity index (χ1) is 11.4. The SMILES string of the molecule is CN=C(NCCCOCC1CCCO1)NCCN(C)CC(F)(F)F.I. The predicted octanol–water partition coefficient (Wildman–Crippen LogP) is 1.85. The minimum absolute atomic E-state index is 0. The van der Waals surface area contributed by atoms with Gasteiger partial charge < -0.3 is 20.1 Å². The molecule has 25 heavy (non-hydrogen) atoms. The molecule has 0 aromatic rings. The fraction of sp³-hybridized carbons (Fsp3) is 0.933. The van der Waals surface area contributed by atoms with Crippen LogP contribution in [0.2, 0.25) is 0 Å². The summed E-state index contributed by atoms with van der Waals surface area (Å²) in [5.41, 5.74) is 0. The summed E-state index contributed by atoms with van der Waals surface area (Å²) < 4.78 is 47.6. The maximum Gasteiger partial charge on any atom is 0.401 e. The van der Waals surface area contributed by atoms with E-state index in [0.29, 0.717) is 32.3 Å². The molecule has 1 rings (SSSR count). The van der Waals surface area contributed by atoms with Gasteiger partial charge in [-0.15, -0.1) is 24.0 Å². The van der Waals surface area contributed by atoms with E-state index in [2.05, 4.69) is 15.6 Å². The zero-order chi connectivity index (χ0) is 17.8. The van der Waals surface area contributed by atoms with Crippen LogP contribution in [0.15, 0.2) is 4.99 Å². The Balaban J connectivity index is 0.00000576.